The van der Waals surface area contributed by atoms with Gasteiger partial charge in [0.05, 0.1) is 16.4 Å². The van der Waals surface area contributed by atoms with Gasteiger partial charge in [-0.05, 0) is 34.1 Å². The third-order valence-electron chi connectivity index (χ3n) is 2.80. The zero-order valence-corrected chi connectivity index (χ0v) is 11.5. The normalized spacial score (nSPS) is 10.9. The Labute approximate surface area is 120 Å². The number of hydrogen-bond acceptors (Lipinski definition) is 3. The number of hydrogen-bond donors (Lipinski definition) is 1. The molecule has 0 aliphatic carbocycles. The van der Waals surface area contributed by atoms with E-state index in [4.69, 9.17) is 0 Å². The number of aromatic carboxylic acids is 1. The lowest BCUT2D eigenvalue weighted by Crippen LogP contribution is -2.08. The van der Waals surface area contributed by atoms with Crippen LogP contribution in [-0.4, -0.2) is 25.7 Å². The number of carboxylic acid groups (broad SMARTS) is 1. The molecule has 7 heteroatoms. The van der Waals surface area contributed by atoms with E-state index in [0.717, 1.165) is 0 Å². The first kappa shape index (κ1) is 12.7. The molecule has 20 heavy (non-hydrogen) atoms. The lowest BCUT2D eigenvalue weighted by atomic mass is 10.1. The number of fused-ring (bicyclic) bond motifs is 1. The molecule has 0 amide bonds. The van der Waals surface area contributed by atoms with Crippen LogP contribution in [0.2, 0.25) is 0 Å². The summed E-state index contributed by atoms with van der Waals surface area (Å²) >= 11 is 3.24. The third kappa shape index (κ3) is 1.96. The van der Waals surface area contributed by atoms with E-state index in [1.54, 1.807) is 18.2 Å². The molecule has 0 fully saturated rings. The average molecular weight is 336 g/mol. The van der Waals surface area contributed by atoms with Gasteiger partial charge in [-0.25, -0.2) is 18.7 Å². The maximum Gasteiger partial charge on any atom is 0.354 e. The largest absolute Gasteiger partial charge is 0.477 e. The van der Waals surface area contributed by atoms with Gasteiger partial charge in [0.1, 0.15) is 5.82 Å². The summed E-state index contributed by atoms with van der Waals surface area (Å²) in [5, 5.41) is 13.2. The minimum absolute atomic E-state index is 0.0843. The summed E-state index contributed by atoms with van der Waals surface area (Å²) < 4.78 is 15.5. The highest BCUT2D eigenvalue weighted by Crippen LogP contribution is 2.25. The number of benzene rings is 1. The molecule has 2 aromatic heterocycles. The molecule has 3 rings (SSSR count). The van der Waals surface area contributed by atoms with E-state index in [2.05, 4.69) is 26.0 Å². The summed E-state index contributed by atoms with van der Waals surface area (Å²) in [6, 6.07) is 7.37. The Kier molecular flexibility index (Phi) is 2.98. The molecule has 100 valence electrons. The molecule has 3 aromatic rings. The predicted molar refractivity (Wildman–Crippen MR) is 73.0 cm³/mol. The molecule has 0 aliphatic heterocycles. The molecule has 0 saturated carbocycles. The van der Waals surface area contributed by atoms with Crippen LogP contribution in [0.5, 0.6) is 0 Å². The highest BCUT2D eigenvalue weighted by Gasteiger charge is 2.17. The van der Waals surface area contributed by atoms with Crippen LogP contribution in [0.4, 0.5) is 4.39 Å². The van der Waals surface area contributed by atoms with E-state index in [1.807, 2.05) is 0 Å². The fraction of sp³-hybridized carbons (Fsp3) is 0. The molecule has 0 spiro atoms. The summed E-state index contributed by atoms with van der Waals surface area (Å²) in [4.78, 5) is 15.6. The smallest absolute Gasteiger partial charge is 0.354 e. The Bertz CT molecular complexity index is 832. The van der Waals surface area contributed by atoms with Crippen molar-refractivity contribution in [1.29, 1.82) is 0 Å². The molecule has 0 unspecified atom stereocenters. The first-order valence-corrected chi connectivity index (χ1v) is 6.39. The van der Waals surface area contributed by atoms with Crippen LogP contribution >= 0.6 is 15.9 Å². The van der Waals surface area contributed by atoms with Crippen LogP contribution in [0.15, 0.2) is 41.0 Å². The second-order valence-corrected chi connectivity index (χ2v) is 4.89. The lowest BCUT2D eigenvalue weighted by molar-refractivity contribution is 0.0687. The van der Waals surface area contributed by atoms with Crippen molar-refractivity contribution in [3.05, 3.63) is 52.5 Å². The Balaban J connectivity index is 2.35. The van der Waals surface area contributed by atoms with Gasteiger partial charge in [0.15, 0.2) is 11.3 Å². The number of nitrogens with zero attached hydrogens (tertiary/aromatic N) is 3. The monoisotopic (exact) mass is 335 g/mol. The van der Waals surface area contributed by atoms with E-state index in [9.17, 15) is 14.3 Å². The van der Waals surface area contributed by atoms with Crippen LogP contribution in [0.1, 0.15) is 10.5 Å². The number of carboxylic acids is 1. The Morgan fingerprint density at radius 2 is 2.10 bits per heavy atom. The van der Waals surface area contributed by atoms with Gasteiger partial charge in [-0.2, -0.15) is 5.10 Å². The van der Waals surface area contributed by atoms with E-state index >= 15 is 0 Å². The SMILES string of the molecule is O=C(O)c1cc(-c2ccccc2F)nc2c(Br)cnn12. The highest BCUT2D eigenvalue weighted by molar-refractivity contribution is 9.10. The first-order chi connectivity index (χ1) is 9.58. The summed E-state index contributed by atoms with van der Waals surface area (Å²) in [5.41, 5.74) is 0.724. The lowest BCUT2D eigenvalue weighted by Gasteiger charge is -2.06. The Morgan fingerprint density at radius 1 is 1.35 bits per heavy atom. The maximum absolute atomic E-state index is 13.8. The fourth-order valence-electron chi connectivity index (χ4n) is 1.90. The number of halogens is 2. The van der Waals surface area contributed by atoms with Gasteiger partial charge in [0.2, 0.25) is 0 Å². The molecule has 0 radical (unpaired) electrons. The average Bonchev–Trinajstić information content (AvgIpc) is 2.80. The molecular weight excluding hydrogens is 329 g/mol. The van der Waals surface area contributed by atoms with Gasteiger partial charge >= 0.3 is 5.97 Å². The van der Waals surface area contributed by atoms with Crippen molar-refractivity contribution in [1.82, 2.24) is 14.6 Å². The van der Waals surface area contributed by atoms with Crippen molar-refractivity contribution in [3.63, 3.8) is 0 Å². The van der Waals surface area contributed by atoms with Gasteiger partial charge < -0.3 is 5.11 Å². The molecule has 0 aliphatic rings. The molecule has 1 N–H and O–H groups in total. The number of rotatable bonds is 2. The van der Waals surface area contributed by atoms with Gasteiger partial charge in [0.25, 0.3) is 0 Å². The van der Waals surface area contributed by atoms with Crippen molar-refractivity contribution in [3.8, 4) is 11.3 Å². The molecule has 0 atom stereocenters. The van der Waals surface area contributed by atoms with Crippen molar-refractivity contribution >= 4 is 27.5 Å². The van der Waals surface area contributed by atoms with Crippen LogP contribution in [0.3, 0.4) is 0 Å². The minimum atomic E-state index is -1.16. The van der Waals surface area contributed by atoms with E-state index in [1.165, 1.54) is 22.8 Å². The maximum atomic E-state index is 13.8. The molecule has 2 heterocycles. The van der Waals surface area contributed by atoms with Crippen molar-refractivity contribution < 1.29 is 14.3 Å². The van der Waals surface area contributed by atoms with Crippen LogP contribution in [-0.2, 0) is 0 Å². The molecular formula is C13H7BrFN3O2. The number of carbonyl (C=O) groups is 1. The van der Waals surface area contributed by atoms with Gasteiger partial charge in [-0.1, -0.05) is 12.1 Å². The topological polar surface area (TPSA) is 67.5 Å². The summed E-state index contributed by atoms with van der Waals surface area (Å²) in [7, 11) is 0. The van der Waals surface area contributed by atoms with Crippen LogP contribution in [0, 0.1) is 5.82 Å². The molecule has 0 saturated heterocycles. The van der Waals surface area contributed by atoms with E-state index in [-0.39, 0.29) is 17.0 Å². The summed E-state index contributed by atoms with van der Waals surface area (Å²) in [5.74, 6) is -1.62. The van der Waals surface area contributed by atoms with Crippen molar-refractivity contribution in [2.24, 2.45) is 0 Å². The van der Waals surface area contributed by atoms with Crippen LogP contribution in [0.25, 0.3) is 16.9 Å². The van der Waals surface area contributed by atoms with E-state index in [0.29, 0.717) is 10.1 Å². The van der Waals surface area contributed by atoms with Crippen LogP contribution < -0.4 is 0 Å². The highest BCUT2D eigenvalue weighted by atomic mass is 79.9. The standard InChI is InChI=1S/C13H7BrFN3O2/c14-8-6-16-18-11(13(19)20)5-10(17-12(8)18)7-3-1-2-4-9(7)15/h1-6H,(H,19,20). The quantitative estimate of drug-likeness (QED) is 0.781. The van der Waals surface area contributed by atoms with Gasteiger partial charge in [-0.15, -0.1) is 0 Å². The van der Waals surface area contributed by atoms with E-state index < -0.39 is 11.8 Å². The van der Waals surface area contributed by atoms with Gasteiger partial charge in [0, 0.05) is 5.56 Å². The predicted octanol–water partition coefficient (Wildman–Crippen LogP) is 3.00. The second kappa shape index (κ2) is 4.68. The Hall–Kier alpha value is -2.28. The van der Waals surface area contributed by atoms with Crippen molar-refractivity contribution in [2.75, 3.05) is 0 Å². The summed E-state index contributed by atoms with van der Waals surface area (Å²) in [6.07, 6.45) is 1.44. The minimum Gasteiger partial charge on any atom is -0.477 e. The fourth-order valence-corrected chi connectivity index (χ4v) is 2.24. The first-order valence-electron chi connectivity index (χ1n) is 5.60. The molecule has 0 bridgehead atoms. The third-order valence-corrected chi connectivity index (χ3v) is 3.36. The molecule has 5 nitrogen and oxygen atoms in total. The Morgan fingerprint density at radius 3 is 2.80 bits per heavy atom. The number of aromatic nitrogens is 3. The molecule has 1 aromatic carbocycles. The zero-order chi connectivity index (χ0) is 14.3. The zero-order valence-electron chi connectivity index (χ0n) is 9.92. The second-order valence-electron chi connectivity index (χ2n) is 4.04. The van der Waals surface area contributed by atoms with Crippen molar-refractivity contribution in [2.45, 2.75) is 0 Å². The summed E-state index contributed by atoms with van der Waals surface area (Å²) in [6.45, 7) is 0. The van der Waals surface area contributed by atoms with Gasteiger partial charge in [-0.3, -0.25) is 0 Å².